The van der Waals surface area contributed by atoms with Crippen molar-refractivity contribution in [2.24, 2.45) is 0 Å². The Morgan fingerprint density at radius 1 is 0.270 bits per heavy atom. The molecule has 0 saturated heterocycles. The molecule has 0 spiro atoms. The summed E-state index contributed by atoms with van der Waals surface area (Å²) < 4.78 is 118. The Labute approximate surface area is 363 Å². The van der Waals surface area contributed by atoms with Crippen LogP contribution in [0.5, 0.6) is 0 Å². The Kier molecular flexibility index (Phi) is 16.2. The van der Waals surface area contributed by atoms with Crippen LogP contribution in [0.4, 0.5) is 50.4 Å². The number of aromatic nitrogens is 8. The average Bonchev–Trinajstić information content (AvgIpc) is 3.24. The first-order valence-electron chi connectivity index (χ1n) is 17.3. The van der Waals surface area contributed by atoms with Gasteiger partial charge in [-0.15, -0.1) is 0 Å². The quantitative estimate of drug-likeness (QED) is 0.0954. The molecular weight excluding hydrogens is 983 g/mol. The zero-order valence-corrected chi connectivity index (χ0v) is 35.2. The molecule has 8 rings (SSSR count). The molecule has 7 aromatic heterocycles. The first kappa shape index (κ1) is 51.2. The molecule has 0 aliphatic carbocycles. The summed E-state index contributed by atoms with van der Waals surface area (Å²) in [6.45, 7) is 0. The maximum atomic E-state index is 9.87. The van der Waals surface area contributed by atoms with Crippen LogP contribution in [0, 0.1) is 0 Å². The van der Waals surface area contributed by atoms with Gasteiger partial charge in [0.25, 0.3) is 0 Å². The van der Waals surface area contributed by atoms with Crippen LogP contribution in [0.2, 0.25) is 0 Å². The standard InChI is InChI=1S/C20H14N4.2C10H8N2.2F6P.Ru/c1-2-8-15(9-3-1)18-14-23-19(16-10-4-6-12-21-16)20(24-18)17-11-5-7-13-22-17;2*1-3-7-11-9(5-1)10-6-2-4-8-12-10;2*1-7(2,3,4,5)6;/h1-14H;2*1-8H;;;/q;;;2*-1;+2. The van der Waals surface area contributed by atoms with Crippen LogP contribution >= 0.6 is 15.6 Å². The predicted octanol–water partition coefficient (Wildman–Crippen LogP) is 15.3. The molecule has 0 aliphatic rings. The monoisotopic (exact) mass is 1010 g/mol. The summed E-state index contributed by atoms with van der Waals surface area (Å²) >= 11 is 0. The Hall–Kier alpha value is -6.16. The van der Waals surface area contributed by atoms with Crippen molar-refractivity contribution >= 4 is 15.6 Å². The van der Waals surface area contributed by atoms with E-state index in [1.807, 2.05) is 140 Å². The third-order valence-corrected chi connectivity index (χ3v) is 6.84. The number of hydrogen-bond donors (Lipinski definition) is 0. The number of rotatable bonds is 5. The van der Waals surface area contributed by atoms with Crippen LogP contribution in [0.1, 0.15) is 0 Å². The van der Waals surface area contributed by atoms with E-state index in [2.05, 4.69) is 34.9 Å². The molecule has 63 heavy (non-hydrogen) atoms. The summed E-state index contributed by atoms with van der Waals surface area (Å²) in [4.78, 5) is 35.1. The van der Waals surface area contributed by atoms with E-state index >= 15 is 0 Å². The van der Waals surface area contributed by atoms with Gasteiger partial charge in [-0.2, -0.15) is 0 Å². The number of halogens is 12. The molecule has 0 saturated carbocycles. The predicted molar refractivity (Wildman–Crippen MR) is 216 cm³/mol. The third kappa shape index (κ3) is 23.6. The first-order valence-corrected chi connectivity index (χ1v) is 21.3. The van der Waals surface area contributed by atoms with Crippen LogP contribution in [0.25, 0.3) is 56.8 Å². The van der Waals surface area contributed by atoms with Gasteiger partial charge in [0.1, 0.15) is 11.4 Å². The molecule has 0 radical (unpaired) electrons. The van der Waals surface area contributed by atoms with E-state index in [1.54, 1.807) is 43.4 Å². The Morgan fingerprint density at radius 2 is 0.524 bits per heavy atom. The van der Waals surface area contributed by atoms with Crippen molar-refractivity contribution in [3.05, 3.63) is 183 Å². The van der Waals surface area contributed by atoms with E-state index in [0.29, 0.717) is 0 Å². The second-order valence-electron chi connectivity index (χ2n) is 12.0. The van der Waals surface area contributed by atoms with Crippen molar-refractivity contribution in [3.8, 4) is 56.8 Å². The molecule has 7 heterocycles. The number of nitrogens with zero attached hydrogens (tertiary/aromatic N) is 8. The van der Waals surface area contributed by atoms with Gasteiger partial charge >= 0.3 is 85.5 Å². The van der Waals surface area contributed by atoms with Crippen molar-refractivity contribution in [2.75, 3.05) is 0 Å². The van der Waals surface area contributed by atoms with Crippen LogP contribution in [-0.4, -0.2) is 39.9 Å². The fourth-order valence-corrected chi connectivity index (χ4v) is 4.57. The van der Waals surface area contributed by atoms with Crippen molar-refractivity contribution in [2.45, 2.75) is 0 Å². The van der Waals surface area contributed by atoms with Crippen molar-refractivity contribution in [1.82, 2.24) is 39.9 Å². The van der Waals surface area contributed by atoms with E-state index < -0.39 is 15.6 Å². The second kappa shape index (κ2) is 19.9. The SMILES string of the molecule is F[P-](F)(F)(F)(F)F.F[P-](F)(F)(F)(F)F.[Ru+2].c1ccc(-c2ccccn2)nc1.c1ccc(-c2ccccn2)nc1.c1ccc(-c2cnc(-c3ccccn3)c(-c3ccccn3)n2)cc1. The molecule has 8 nitrogen and oxygen atoms in total. The van der Waals surface area contributed by atoms with Gasteiger partial charge in [-0.3, -0.25) is 29.9 Å². The molecule has 23 heteroatoms. The Balaban J connectivity index is 0.000000230. The normalized spacial score (nSPS) is 12.8. The average molecular weight is 1010 g/mol. The molecule has 0 unspecified atom stereocenters. The molecule has 1 aromatic carbocycles. The van der Waals surface area contributed by atoms with Gasteiger partial charge in [-0.05, 0) is 72.8 Å². The molecule has 332 valence electrons. The topological polar surface area (TPSA) is 103 Å². The van der Waals surface area contributed by atoms with Gasteiger partial charge < -0.3 is 0 Å². The summed E-state index contributed by atoms with van der Waals surface area (Å²) in [7, 11) is -21.3. The van der Waals surface area contributed by atoms with E-state index in [0.717, 1.165) is 56.8 Å². The van der Waals surface area contributed by atoms with E-state index in [9.17, 15) is 50.4 Å². The molecule has 8 aromatic rings. The van der Waals surface area contributed by atoms with Crippen LogP contribution < -0.4 is 0 Å². The van der Waals surface area contributed by atoms with Gasteiger partial charge in [0, 0.05) is 42.7 Å². The fraction of sp³-hybridized carbons (Fsp3) is 0. The number of benzene rings is 1. The van der Waals surface area contributed by atoms with Crippen LogP contribution in [0.15, 0.2) is 183 Å². The zero-order chi connectivity index (χ0) is 45.5. The maximum absolute atomic E-state index is 10.7. The zero-order valence-electron chi connectivity index (χ0n) is 31.7. The largest absolute Gasteiger partial charge is 2.00 e. The number of pyridine rings is 6. The van der Waals surface area contributed by atoms with Gasteiger partial charge in [-0.25, -0.2) is 9.97 Å². The minimum Gasteiger partial charge on any atom is -0.255 e. The molecule has 0 amide bonds. The first-order chi connectivity index (χ1) is 28.7. The molecule has 0 atom stereocenters. The van der Waals surface area contributed by atoms with Crippen molar-refractivity contribution in [3.63, 3.8) is 0 Å². The molecule has 0 bridgehead atoms. The third-order valence-electron chi connectivity index (χ3n) is 6.84. The van der Waals surface area contributed by atoms with Gasteiger partial charge in [-0.1, -0.05) is 66.7 Å². The Morgan fingerprint density at radius 3 is 0.794 bits per heavy atom. The second-order valence-corrected chi connectivity index (χ2v) is 15.9. The number of hydrogen-bond acceptors (Lipinski definition) is 8. The van der Waals surface area contributed by atoms with Crippen molar-refractivity contribution in [1.29, 1.82) is 0 Å². The van der Waals surface area contributed by atoms with Gasteiger partial charge in [0.2, 0.25) is 0 Å². The van der Waals surface area contributed by atoms with Crippen LogP contribution in [0.3, 0.4) is 0 Å². The minimum atomic E-state index is -10.7. The van der Waals surface area contributed by atoms with E-state index in [1.165, 1.54) is 0 Å². The molecule has 0 N–H and O–H groups in total. The smallest absolute Gasteiger partial charge is 0.255 e. The fourth-order valence-electron chi connectivity index (χ4n) is 4.57. The van der Waals surface area contributed by atoms with Crippen molar-refractivity contribution < 1.29 is 69.8 Å². The maximum Gasteiger partial charge on any atom is 2.00 e. The van der Waals surface area contributed by atoms with Crippen LogP contribution in [-0.2, 0) is 19.5 Å². The summed E-state index contributed by atoms with van der Waals surface area (Å²) in [6, 6.07) is 44.7. The summed E-state index contributed by atoms with van der Waals surface area (Å²) in [5.74, 6) is 0. The summed E-state index contributed by atoms with van der Waals surface area (Å²) in [5.41, 5.74) is 8.52. The van der Waals surface area contributed by atoms with Gasteiger partial charge in [0.15, 0.2) is 0 Å². The van der Waals surface area contributed by atoms with E-state index in [4.69, 9.17) is 4.98 Å². The molecule has 0 fully saturated rings. The molecule has 0 aliphatic heterocycles. The minimum absolute atomic E-state index is 0. The summed E-state index contributed by atoms with van der Waals surface area (Å²) in [5, 5.41) is 0. The Bertz CT molecular complexity index is 2380. The van der Waals surface area contributed by atoms with Gasteiger partial charge in [0.05, 0.1) is 46.1 Å². The molecular formula is C40H30F12N8P2Ru. The summed E-state index contributed by atoms with van der Waals surface area (Å²) in [6.07, 6.45) is 12.4. The van der Waals surface area contributed by atoms with E-state index in [-0.39, 0.29) is 19.5 Å².